The SMILES string of the molecule is O=C(O)CCc1cc(=O)oc2cc(O)c(O)cc12. The second kappa shape index (κ2) is 4.40. The van der Waals surface area contributed by atoms with Crippen LogP contribution >= 0.6 is 0 Å². The van der Waals surface area contributed by atoms with Gasteiger partial charge in [0.15, 0.2) is 11.5 Å². The fourth-order valence-corrected chi connectivity index (χ4v) is 1.70. The molecule has 1 heterocycles. The lowest BCUT2D eigenvalue weighted by molar-refractivity contribution is -0.136. The molecule has 94 valence electrons. The van der Waals surface area contributed by atoms with Gasteiger partial charge in [-0.1, -0.05) is 0 Å². The Labute approximate surface area is 101 Å². The molecule has 0 atom stereocenters. The summed E-state index contributed by atoms with van der Waals surface area (Å²) in [6.45, 7) is 0. The smallest absolute Gasteiger partial charge is 0.336 e. The van der Waals surface area contributed by atoms with Crippen molar-refractivity contribution in [2.75, 3.05) is 0 Å². The summed E-state index contributed by atoms with van der Waals surface area (Å²) in [5, 5.41) is 27.7. The van der Waals surface area contributed by atoms with Gasteiger partial charge in [-0.2, -0.15) is 0 Å². The van der Waals surface area contributed by atoms with E-state index in [-0.39, 0.29) is 24.2 Å². The molecule has 3 N–H and O–H groups in total. The highest BCUT2D eigenvalue weighted by Gasteiger charge is 2.11. The lowest BCUT2D eigenvalue weighted by Crippen LogP contribution is -2.03. The van der Waals surface area contributed by atoms with E-state index in [4.69, 9.17) is 9.52 Å². The maximum absolute atomic E-state index is 11.3. The largest absolute Gasteiger partial charge is 0.504 e. The second-order valence-electron chi connectivity index (χ2n) is 3.82. The predicted molar refractivity (Wildman–Crippen MR) is 61.8 cm³/mol. The number of hydrogen-bond donors (Lipinski definition) is 3. The zero-order valence-corrected chi connectivity index (χ0v) is 9.21. The number of aryl methyl sites for hydroxylation is 1. The van der Waals surface area contributed by atoms with E-state index in [2.05, 4.69) is 0 Å². The molecular weight excluding hydrogens is 240 g/mol. The fraction of sp³-hybridized carbons (Fsp3) is 0.167. The van der Waals surface area contributed by atoms with Gasteiger partial charge in [0.25, 0.3) is 0 Å². The number of carboxylic acids is 1. The number of fused-ring (bicyclic) bond motifs is 1. The van der Waals surface area contributed by atoms with Gasteiger partial charge in [-0.25, -0.2) is 4.79 Å². The zero-order valence-electron chi connectivity index (χ0n) is 9.21. The van der Waals surface area contributed by atoms with Crippen LogP contribution in [0.5, 0.6) is 11.5 Å². The van der Waals surface area contributed by atoms with Crippen molar-refractivity contribution in [3.8, 4) is 11.5 Å². The van der Waals surface area contributed by atoms with E-state index in [1.807, 2.05) is 0 Å². The molecule has 0 aliphatic carbocycles. The Balaban J connectivity index is 2.60. The molecule has 0 aliphatic rings. The van der Waals surface area contributed by atoms with Crippen LogP contribution in [-0.4, -0.2) is 21.3 Å². The summed E-state index contributed by atoms with van der Waals surface area (Å²) < 4.78 is 4.87. The van der Waals surface area contributed by atoms with Crippen LogP contribution in [-0.2, 0) is 11.2 Å². The van der Waals surface area contributed by atoms with Crippen LogP contribution in [0.2, 0.25) is 0 Å². The third-order valence-electron chi connectivity index (χ3n) is 2.53. The molecule has 0 radical (unpaired) electrons. The summed E-state index contributed by atoms with van der Waals surface area (Å²) in [7, 11) is 0. The van der Waals surface area contributed by atoms with Gasteiger partial charge in [0.1, 0.15) is 5.58 Å². The Morgan fingerprint density at radius 3 is 2.50 bits per heavy atom. The Bertz CT molecular complexity index is 670. The average molecular weight is 250 g/mol. The van der Waals surface area contributed by atoms with E-state index in [0.717, 1.165) is 6.07 Å². The zero-order chi connectivity index (χ0) is 13.3. The van der Waals surface area contributed by atoms with E-state index in [0.29, 0.717) is 10.9 Å². The van der Waals surface area contributed by atoms with Crippen LogP contribution in [0.15, 0.2) is 27.4 Å². The maximum Gasteiger partial charge on any atom is 0.336 e. The van der Waals surface area contributed by atoms with Crippen molar-refractivity contribution in [1.29, 1.82) is 0 Å². The van der Waals surface area contributed by atoms with Gasteiger partial charge in [0.05, 0.1) is 0 Å². The molecule has 6 nitrogen and oxygen atoms in total. The lowest BCUT2D eigenvalue weighted by atomic mass is 10.0. The van der Waals surface area contributed by atoms with Crippen LogP contribution < -0.4 is 5.63 Å². The molecule has 0 amide bonds. The predicted octanol–water partition coefficient (Wildman–Crippen LogP) is 1.22. The quantitative estimate of drug-likeness (QED) is 0.558. The minimum atomic E-state index is -0.987. The number of carboxylic acid groups (broad SMARTS) is 1. The first-order valence-corrected chi connectivity index (χ1v) is 5.18. The molecule has 0 fully saturated rings. The summed E-state index contributed by atoms with van der Waals surface area (Å²) in [6.07, 6.45) is 0.00183. The molecule has 0 aliphatic heterocycles. The Morgan fingerprint density at radius 2 is 1.83 bits per heavy atom. The molecule has 2 aromatic rings. The van der Waals surface area contributed by atoms with Crippen molar-refractivity contribution < 1.29 is 24.5 Å². The molecule has 1 aromatic heterocycles. The Hall–Kier alpha value is -2.50. The van der Waals surface area contributed by atoms with Crippen molar-refractivity contribution in [3.63, 3.8) is 0 Å². The summed E-state index contributed by atoms with van der Waals surface area (Å²) in [5.74, 6) is -1.74. The van der Waals surface area contributed by atoms with E-state index < -0.39 is 17.3 Å². The number of phenols is 2. The third-order valence-corrected chi connectivity index (χ3v) is 2.53. The number of benzene rings is 1. The summed E-state index contributed by atoms with van der Waals surface area (Å²) in [4.78, 5) is 21.8. The van der Waals surface area contributed by atoms with Crippen LogP contribution in [0.4, 0.5) is 0 Å². The summed E-state index contributed by atoms with van der Waals surface area (Å²) >= 11 is 0. The molecule has 18 heavy (non-hydrogen) atoms. The van der Waals surface area contributed by atoms with E-state index in [9.17, 15) is 19.8 Å². The monoisotopic (exact) mass is 250 g/mol. The molecule has 1 aromatic carbocycles. The molecule has 0 saturated carbocycles. The van der Waals surface area contributed by atoms with Gasteiger partial charge < -0.3 is 19.7 Å². The lowest BCUT2D eigenvalue weighted by Gasteiger charge is -2.05. The van der Waals surface area contributed by atoms with Gasteiger partial charge >= 0.3 is 11.6 Å². The first-order valence-electron chi connectivity index (χ1n) is 5.18. The van der Waals surface area contributed by atoms with E-state index >= 15 is 0 Å². The Kier molecular flexibility index (Phi) is 2.93. The standard InChI is InChI=1S/C12H10O6/c13-8-4-7-6(1-2-11(15)16)3-12(17)18-10(7)5-9(8)14/h3-5,13-14H,1-2H2,(H,15,16). The van der Waals surface area contributed by atoms with Crippen LogP contribution in [0.3, 0.4) is 0 Å². The van der Waals surface area contributed by atoms with Crippen molar-refractivity contribution in [2.24, 2.45) is 0 Å². The highest BCUT2D eigenvalue weighted by Crippen LogP contribution is 2.31. The molecular formula is C12H10O6. The van der Waals surface area contributed by atoms with Gasteiger partial charge in [0.2, 0.25) is 0 Å². The van der Waals surface area contributed by atoms with Gasteiger partial charge in [-0.3, -0.25) is 4.79 Å². The minimum absolute atomic E-state index is 0.109. The number of hydrogen-bond acceptors (Lipinski definition) is 5. The van der Waals surface area contributed by atoms with Crippen molar-refractivity contribution in [1.82, 2.24) is 0 Å². The van der Waals surface area contributed by atoms with Crippen molar-refractivity contribution in [2.45, 2.75) is 12.8 Å². The highest BCUT2D eigenvalue weighted by molar-refractivity contribution is 5.84. The number of aliphatic carboxylic acids is 1. The van der Waals surface area contributed by atoms with E-state index in [1.165, 1.54) is 12.1 Å². The van der Waals surface area contributed by atoms with Gasteiger partial charge in [0, 0.05) is 23.9 Å². The molecule has 0 bridgehead atoms. The first-order chi connectivity index (χ1) is 8.47. The number of aromatic hydroxyl groups is 2. The van der Waals surface area contributed by atoms with Gasteiger partial charge in [-0.05, 0) is 18.1 Å². The number of carbonyl (C=O) groups is 1. The van der Waals surface area contributed by atoms with Crippen molar-refractivity contribution >= 4 is 16.9 Å². The fourth-order valence-electron chi connectivity index (χ4n) is 1.70. The third kappa shape index (κ3) is 2.27. The summed E-state index contributed by atoms with van der Waals surface area (Å²) in [5.41, 5.74) is -0.0647. The van der Waals surface area contributed by atoms with Crippen LogP contribution in [0.25, 0.3) is 11.0 Å². The normalized spacial score (nSPS) is 10.7. The van der Waals surface area contributed by atoms with Crippen LogP contribution in [0.1, 0.15) is 12.0 Å². The second-order valence-corrected chi connectivity index (χ2v) is 3.82. The molecule has 0 spiro atoms. The summed E-state index contributed by atoms with van der Waals surface area (Å²) in [6, 6.07) is 3.54. The average Bonchev–Trinajstić information content (AvgIpc) is 2.28. The number of phenolic OH excluding ortho intramolecular Hbond substituents is 2. The topological polar surface area (TPSA) is 108 Å². The maximum atomic E-state index is 11.3. The first kappa shape index (κ1) is 12.0. The molecule has 0 saturated heterocycles. The molecule has 6 heteroatoms. The Morgan fingerprint density at radius 1 is 1.17 bits per heavy atom. The van der Waals surface area contributed by atoms with E-state index in [1.54, 1.807) is 0 Å². The molecule has 0 unspecified atom stereocenters. The highest BCUT2D eigenvalue weighted by atomic mass is 16.4. The minimum Gasteiger partial charge on any atom is -0.504 e. The van der Waals surface area contributed by atoms with Gasteiger partial charge in [-0.15, -0.1) is 0 Å². The van der Waals surface area contributed by atoms with Crippen molar-refractivity contribution in [3.05, 3.63) is 34.2 Å². The molecule has 2 rings (SSSR count). The van der Waals surface area contributed by atoms with Crippen LogP contribution in [0, 0.1) is 0 Å². The number of rotatable bonds is 3.